The SMILES string of the molecule is C/C=C(/C)C(=NC)C(=O)C(C)C.CC.CCC1CC1. The highest BCUT2D eigenvalue weighted by atomic mass is 16.1. The van der Waals surface area contributed by atoms with Gasteiger partial charge in [0.25, 0.3) is 0 Å². The van der Waals surface area contributed by atoms with Gasteiger partial charge in [0.05, 0.1) is 0 Å². The van der Waals surface area contributed by atoms with Crippen molar-refractivity contribution in [1.29, 1.82) is 0 Å². The Morgan fingerprint density at radius 2 is 1.79 bits per heavy atom. The number of nitrogens with zero attached hydrogens (tertiary/aromatic N) is 1. The van der Waals surface area contributed by atoms with Crippen LogP contribution in [0.1, 0.15) is 67.7 Å². The molecule has 1 aliphatic rings. The maximum Gasteiger partial charge on any atom is 0.183 e. The molecular formula is C17H33NO. The van der Waals surface area contributed by atoms with Gasteiger partial charge in [-0.15, -0.1) is 0 Å². The van der Waals surface area contributed by atoms with Crippen LogP contribution in [0.15, 0.2) is 16.6 Å². The Morgan fingerprint density at radius 1 is 1.32 bits per heavy atom. The second-order valence-corrected chi connectivity index (χ2v) is 4.91. The van der Waals surface area contributed by atoms with Crippen molar-refractivity contribution in [3.8, 4) is 0 Å². The molecule has 0 aromatic carbocycles. The predicted molar refractivity (Wildman–Crippen MR) is 87.0 cm³/mol. The average molecular weight is 267 g/mol. The van der Waals surface area contributed by atoms with Gasteiger partial charge in [-0.25, -0.2) is 0 Å². The average Bonchev–Trinajstić information content (AvgIpc) is 3.26. The third-order valence-electron chi connectivity index (χ3n) is 3.06. The number of allylic oxidation sites excluding steroid dienone is 2. The van der Waals surface area contributed by atoms with Gasteiger partial charge in [0, 0.05) is 13.0 Å². The van der Waals surface area contributed by atoms with Crippen LogP contribution in [0.2, 0.25) is 0 Å². The summed E-state index contributed by atoms with van der Waals surface area (Å²) in [5.74, 6) is 1.28. The molecule has 112 valence electrons. The second kappa shape index (κ2) is 12.1. The zero-order valence-corrected chi connectivity index (χ0v) is 14.2. The molecule has 0 saturated heterocycles. The number of rotatable bonds is 4. The van der Waals surface area contributed by atoms with E-state index in [2.05, 4.69) is 11.9 Å². The van der Waals surface area contributed by atoms with Crippen molar-refractivity contribution in [2.24, 2.45) is 16.8 Å². The summed E-state index contributed by atoms with van der Waals surface area (Å²) < 4.78 is 0. The van der Waals surface area contributed by atoms with Crippen LogP contribution in [0.4, 0.5) is 0 Å². The van der Waals surface area contributed by atoms with E-state index in [1.54, 1.807) is 7.05 Å². The fraction of sp³-hybridized carbons (Fsp3) is 0.765. The van der Waals surface area contributed by atoms with Crippen LogP contribution in [0.3, 0.4) is 0 Å². The molecule has 0 aromatic heterocycles. The Kier molecular flexibility index (Phi) is 13.0. The number of Topliss-reactive ketones (excluding diaryl/α,β-unsaturated/α-hetero) is 1. The van der Waals surface area contributed by atoms with E-state index in [9.17, 15) is 4.79 Å². The van der Waals surface area contributed by atoms with Gasteiger partial charge in [0.2, 0.25) is 0 Å². The van der Waals surface area contributed by atoms with Crippen LogP contribution in [-0.2, 0) is 4.79 Å². The van der Waals surface area contributed by atoms with Crippen molar-refractivity contribution in [2.45, 2.75) is 67.7 Å². The predicted octanol–water partition coefficient (Wildman–Crippen LogP) is 5.08. The van der Waals surface area contributed by atoms with Gasteiger partial charge in [0.1, 0.15) is 5.71 Å². The van der Waals surface area contributed by atoms with Crippen LogP contribution in [-0.4, -0.2) is 18.5 Å². The van der Waals surface area contributed by atoms with E-state index in [0.717, 1.165) is 11.5 Å². The lowest BCUT2D eigenvalue weighted by Crippen LogP contribution is -2.20. The summed E-state index contributed by atoms with van der Waals surface area (Å²) in [4.78, 5) is 15.5. The Labute approximate surface area is 120 Å². The summed E-state index contributed by atoms with van der Waals surface area (Å²) in [6.07, 6.45) is 6.34. The minimum atomic E-state index is 0.0265. The maximum absolute atomic E-state index is 11.5. The van der Waals surface area contributed by atoms with Gasteiger partial charge in [-0.3, -0.25) is 9.79 Å². The standard InChI is InChI=1S/C10H17NO.C5H10.C2H6/c1-6-8(4)9(11-5)10(12)7(2)3;1-2-5-3-4-5;1-2/h6-7H,1-5H3;5H,2-4H2,1H3;1-2H3/b8-6-,11-9?;;. The fourth-order valence-corrected chi connectivity index (χ4v) is 1.42. The molecule has 0 unspecified atom stereocenters. The number of hydrogen-bond donors (Lipinski definition) is 0. The Hall–Kier alpha value is -0.920. The number of hydrogen-bond acceptors (Lipinski definition) is 2. The zero-order chi connectivity index (χ0) is 15.4. The Bertz CT molecular complexity index is 296. The van der Waals surface area contributed by atoms with Gasteiger partial charge in [-0.05, 0) is 25.3 Å². The summed E-state index contributed by atoms with van der Waals surface area (Å²) in [5, 5.41) is 0. The van der Waals surface area contributed by atoms with Crippen molar-refractivity contribution in [2.75, 3.05) is 7.05 Å². The van der Waals surface area contributed by atoms with Crippen molar-refractivity contribution in [3.05, 3.63) is 11.6 Å². The van der Waals surface area contributed by atoms with E-state index in [4.69, 9.17) is 0 Å². The summed E-state index contributed by atoms with van der Waals surface area (Å²) in [6.45, 7) is 13.8. The van der Waals surface area contributed by atoms with Gasteiger partial charge in [-0.2, -0.15) is 0 Å². The minimum Gasteiger partial charge on any atom is -0.292 e. The lowest BCUT2D eigenvalue weighted by Gasteiger charge is -2.06. The molecule has 1 rings (SSSR count). The fourth-order valence-electron chi connectivity index (χ4n) is 1.42. The van der Waals surface area contributed by atoms with E-state index < -0.39 is 0 Å². The quantitative estimate of drug-likeness (QED) is 0.653. The number of aliphatic imine (C=N–C) groups is 1. The Balaban J connectivity index is 0. The first-order chi connectivity index (χ1) is 8.97. The van der Waals surface area contributed by atoms with Crippen molar-refractivity contribution >= 4 is 11.5 Å². The van der Waals surface area contributed by atoms with Crippen molar-refractivity contribution in [1.82, 2.24) is 0 Å². The van der Waals surface area contributed by atoms with Gasteiger partial charge in [0.15, 0.2) is 5.78 Å². The normalized spacial score (nSPS) is 15.2. The molecule has 0 spiro atoms. The van der Waals surface area contributed by atoms with E-state index in [1.165, 1.54) is 19.3 Å². The highest BCUT2D eigenvalue weighted by Crippen LogP contribution is 2.31. The summed E-state index contributed by atoms with van der Waals surface area (Å²) in [7, 11) is 1.66. The lowest BCUT2D eigenvalue weighted by atomic mass is 9.99. The zero-order valence-electron chi connectivity index (χ0n) is 14.2. The summed E-state index contributed by atoms with van der Waals surface area (Å²) in [6, 6.07) is 0. The van der Waals surface area contributed by atoms with Crippen LogP contribution in [0.25, 0.3) is 0 Å². The maximum atomic E-state index is 11.5. The molecular weight excluding hydrogens is 234 g/mol. The lowest BCUT2D eigenvalue weighted by molar-refractivity contribution is -0.115. The highest BCUT2D eigenvalue weighted by molar-refractivity contribution is 6.46. The van der Waals surface area contributed by atoms with Crippen LogP contribution >= 0.6 is 0 Å². The third-order valence-corrected chi connectivity index (χ3v) is 3.06. The van der Waals surface area contributed by atoms with Gasteiger partial charge in [-0.1, -0.05) is 60.0 Å². The van der Waals surface area contributed by atoms with E-state index in [-0.39, 0.29) is 11.7 Å². The minimum absolute atomic E-state index is 0.0265. The molecule has 1 fully saturated rings. The first-order valence-corrected chi connectivity index (χ1v) is 7.62. The largest absolute Gasteiger partial charge is 0.292 e. The van der Waals surface area contributed by atoms with Gasteiger partial charge >= 0.3 is 0 Å². The van der Waals surface area contributed by atoms with Crippen molar-refractivity contribution in [3.63, 3.8) is 0 Å². The molecule has 0 atom stereocenters. The first kappa shape index (κ1) is 20.4. The van der Waals surface area contributed by atoms with Gasteiger partial charge < -0.3 is 0 Å². The molecule has 2 nitrogen and oxygen atoms in total. The third kappa shape index (κ3) is 9.63. The van der Waals surface area contributed by atoms with E-state index >= 15 is 0 Å². The molecule has 1 saturated carbocycles. The molecule has 0 radical (unpaired) electrons. The molecule has 2 heteroatoms. The Morgan fingerprint density at radius 3 is 1.95 bits per heavy atom. The molecule has 19 heavy (non-hydrogen) atoms. The van der Waals surface area contributed by atoms with E-state index in [1.807, 2.05) is 47.6 Å². The molecule has 0 N–H and O–H groups in total. The number of ketones is 1. The summed E-state index contributed by atoms with van der Waals surface area (Å²) >= 11 is 0. The van der Waals surface area contributed by atoms with E-state index in [0.29, 0.717) is 5.71 Å². The summed E-state index contributed by atoms with van der Waals surface area (Å²) in [5.41, 5.74) is 1.56. The number of carbonyl (C=O) groups is 1. The molecule has 0 aromatic rings. The highest BCUT2D eigenvalue weighted by Gasteiger charge is 2.17. The van der Waals surface area contributed by atoms with Crippen LogP contribution in [0, 0.1) is 11.8 Å². The monoisotopic (exact) mass is 267 g/mol. The van der Waals surface area contributed by atoms with Crippen molar-refractivity contribution < 1.29 is 4.79 Å². The molecule has 0 aliphatic heterocycles. The molecule has 0 amide bonds. The first-order valence-electron chi connectivity index (χ1n) is 7.62. The molecule has 0 bridgehead atoms. The second-order valence-electron chi connectivity index (χ2n) is 4.91. The topological polar surface area (TPSA) is 29.4 Å². The molecule has 1 aliphatic carbocycles. The van der Waals surface area contributed by atoms with Crippen LogP contribution in [0.5, 0.6) is 0 Å². The smallest absolute Gasteiger partial charge is 0.183 e. The van der Waals surface area contributed by atoms with Crippen LogP contribution < -0.4 is 0 Å². The molecule has 0 heterocycles. The number of carbonyl (C=O) groups excluding carboxylic acids is 1.